The van der Waals surface area contributed by atoms with Gasteiger partial charge in [0.15, 0.2) is 0 Å². The van der Waals surface area contributed by atoms with Crippen molar-refractivity contribution >= 4 is 28.1 Å². The minimum atomic E-state index is -0.267. The number of rotatable bonds is 7. The summed E-state index contributed by atoms with van der Waals surface area (Å²) < 4.78 is 19.3. The Labute approximate surface area is 207 Å². The Morgan fingerprint density at radius 2 is 1.94 bits per heavy atom. The van der Waals surface area contributed by atoms with Gasteiger partial charge in [-0.05, 0) is 62.2 Å². The summed E-state index contributed by atoms with van der Waals surface area (Å²) in [5.41, 5.74) is 4.29. The molecule has 5 rings (SSSR count). The Kier molecular flexibility index (Phi) is 7.01. The van der Waals surface area contributed by atoms with Crippen molar-refractivity contribution in [1.29, 1.82) is 0 Å². The van der Waals surface area contributed by atoms with E-state index in [-0.39, 0.29) is 23.9 Å². The molecule has 0 saturated carbocycles. The number of hydrogen-bond donors (Lipinski definition) is 1. The monoisotopic (exact) mass is 490 g/mol. The molecular formula is C27H27FN4O2S. The molecule has 0 bridgehead atoms. The predicted molar refractivity (Wildman–Crippen MR) is 135 cm³/mol. The summed E-state index contributed by atoms with van der Waals surface area (Å²) in [6, 6.07) is 15.6. The number of nitrogens with zero attached hydrogens (tertiary/aromatic N) is 3. The molecule has 4 aromatic rings. The van der Waals surface area contributed by atoms with Gasteiger partial charge in [-0.2, -0.15) is 0 Å². The zero-order valence-electron chi connectivity index (χ0n) is 19.5. The van der Waals surface area contributed by atoms with Gasteiger partial charge in [0.05, 0.1) is 22.8 Å². The van der Waals surface area contributed by atoms with E-state index < -0.39 is 0 Å². The number of hydrogen-bond acceptors (Lipinski definition) is 6. The van der Waals surface area contributed by atoms with Crippen molar-refractivity contribution in [1.82, 2.24) is 20.2 Å². The van der Waals surface area contributed by atoms with Crippen molar-refractivity contribution in [2.75, 3.05) is 19.6 Å². The molecule has 3 heterocycles. The number of aryl methyl sites for hydroxylation is 1. The fourth-order valence-corrected chi connectivity index (χ4v) is 5.55. The van der Waals surface area contributed by atoms with Crippen LogP contribution in [0.3, 0.4) is 0 Å². The van der Waals surface area contributed by atoms with Crippen LogP contribution in [-0.4, -0.2) is 46.5 Å². The van der Waals surface area contributed by atoms with Gasteiger partial charge in [0.1, 0.15) is 17.7 Å². The maximum absolute atomic E-state index is 13.2. The first-order valence-corrected chi connectivity index (χ1v) is 12.6. The molecule has 1 unspecified atom stereocenters. The standard InChI is InChI=1S/C27H27FN4O2S/c1-18-26(35-17-31-18)25(16-30-27(33)23-4-2-6-24-22(23)5-3-13-29-24)32-14-11-21(12-15-32)34-20-9-7-19(28)8-10-20/h2-10,13,17,21,25H,11-12,14-16H2,1H3,(H,30,33). The first-order chi connectivity index (χ1) is 17.1. The number of benzene rings is 2. The van der Waals surface area contributed by atoms with Gasteiger partial charge in [-0.25, -0.2) is 9.37 Å². The summed E-state index contributed by atoms with van der Waals surface area (Å²) in [5.74, 6) is 0.318. The fourth-order valence-electron chi connectivity index (χ4n) is 4.62. The minimum Gasteiger partial charge on any atom is -0.490 e. The molecule has 1 atom stereocenters. The second kappa shape index (κ2) is 10.5. The molecule has 8 heteroatoms. The Balaban J connectivity index is 1.27. The normalized spacial score (nSPS) is 15.7. The van der Waals surface area contributed by atoms with Crippen LogP contribution in [0.25, 0.3) is 10.9 Å². The molecule has 2 aromatic carbocycles. The number of halogens is 1. The van der Waals surface area contributed by atoms with E-state index in [1.165, 1.54) is 17.0 Å². The number of thiazole rings is 1. The van der Waals surface area contributed by atoms with Crippen molar-refractivity contribution in [2.24, 2.45) is 0 Å². The third kappa shape index (κ3) is 5.33. The van der Waals surface area contributed by atoms with E-state index in [9.17, 15) is 9.18 Å². The summed E-state index contributed by atoms with van der Waals surface area (Å²) in [6.07, 6.45) is 3.53. The van der Waals surface area contributed by atoms with Crippen LogP contribution in [0.1, 0.15) is 39.8 Å². The van der Waals surface area contributed by atoms with E-state index in [1.807, 2.05) is 42.8 Å². The van der Waals surface area contributed by atoms with Crippen molar-refractivity contribution in [3.63, 3.8) is 0 Å². The molecule has 180 valence electrons. The molecule has 0 spiro atoms. The largest absolute Gasteiger partial charge is 0.490 e. The molecule has 2 aromatic heterocycles. The number of piperidine rings is 1. The van der Waals surface area contributed by atoms with E-state index in [4.69, 9.17) is 4.74 Å². The number of pyridine rings is 1. The number of amides is 1. The van der Waals surface area contributed by atoms with Crippen LogP contribution in [0.2, 0.25) is 0 Å². The van der Waals surface area contributed by atoms with E-state index in [1.54, 1.807) is 29.7 Å². The highest BCUT2D eigenvalue weighted by atomic mass is 32.1. The third-order valence-electron chi connectivity index (χ3n) is 6.47. The van der Waals surface area contributed by atoms with Crippen LogP contribution >= 0.6 is 11.3 Å². The van der Waals surface area contributed by atoms with E-state index >= 15 is 0 Å². The second-order valence-corrected chi connectivity index (χ2v) is 9.60. The van der Waals surface area contributed by atoms with Gasteiger partial charge in [-0.3, -0.25) is 14.7 Å². The van der Waals surface area contributed by atoms with E-state index in [0.717, 1.165) is 42.5 Å². The lowest BCUT2D eigenvalue weighted by molar-refractivity contribution is 0.0720. The molecule has 35 heavy (non-hydrogen) atoms. The van der Waals surface area contributed by atoms with Crippen molar-refractivity contribution in [3.8, 4) is 5.75 Å². The zero-order chi connectivity index (χ0) is 24.2. The molecule has 1 amide bonds. The van der Waals surface area contributed by atoms with Gasteiger partial charge in [-0.1, -0.05) is 12.1 Å². The van der Waals surface area contributed by atoms with E-state index in [2.05, 4.69) is 20.2 Å². The van der Waals surface area contributed by atoms with Gasteiger partial charge >= 0.3 is 0 Å². The molecule has 1 aliphatic heterocycles. The van der Waals surface area contributed by atoms with Gasteiger partial charge in [-0.15, -0.1) is 11.3 Å². The Morgan fingerprint density at radius 1 is 1.14 bits per heavy atom. The van der Waals surface area contributed by atoms with Crippen LogP contribution in [0.15, 0.2) is 66.3 Å². The Morgan fingerprint density at radius 3 is 2.69 bits per heavy atom. The summed E-state index contributed by atoms with van der Waals surface area (Å²) in [6.45, 7) is 4.17. The molecule has 1 fully saturated rings. The molecule has 1 N–H and O–H groups in total. The SMILES string of the molecule is Cc1ncsc1C(CNC(=O)c1cccc2ncccc12)N1CCC(Oc2ccc(F)cc2)CC1. The number of aromatic nitrogens is 2. The van der Waals surface area contributed by atoms with Crippen molar-refractivity contribution in [2.45, 2.75) is 31.9 Å². The smallest absolute Gasteiger partial charge is 0.252 e. The highest BCUT2D eigenvalue weighted by Gasteiger charge is 2.29. The Hall–Kier alpha value is -3.36. The average Bonchev–Trinajstić information content (AvgIpc) is 3.31. The molecule has 0 aliphatic carbocycles. The number of carbonyl (C=O) groups is 1. The van der Waals surface area contributed by atoms with Crippen LogP contribution in [-0.2, 0) is 0 Å². The molecule has 0 radical (unpaired) electrons. The molecule has 1 aliphatic rings. The second-order valence-electron chi connectivity index (χ2n) is 8.71. The fraction of sp³-hybridized carbons (Fsp3) is 0.296. The maximum atomic E-state index is 13.2. The zero-order valence-corrected chi connectivity index (χ0v) is 20.3. The number of likely N-dealkylation sites (tertiary alicyclic amines) is 1. The predicted octanol–water partition coefficient (Wildman–Crippen LogP) is 5.15. The number of fused-ring (bicyclic) bond motifs is 1. The van der Waals surface area contributed by atoms with Gasteiger partial charge in [0.25, 0.3) is 5.91 Å². The number of nitrogens with one attached hydrogen (secondary N) is 1. The average molecular weight is 491 g/mol. The summed E-state index contributed by atoms with van der Waals surface area (Å²) in [4.78, 5) is 25.5. The number of carbonyl (C=O) groups excluding carboxylic acids is 1. The molecular weight excluding hydrogens is 463 g/mol. The van der Waals surface area contributed by atoms with Gasteiger partial charge in [0, 0.05) is 41.7 Å². The molecule has 1 saturated heterocycles. The van der Waals surface area contributed by atoms with Gasteiger partial charge < -0.3 is 10.1 Å². The third-order valence-corrected chi connectivity index (χ3v) is 7.50. The lowest BCUT2D eigenvalue weighted by Gasteiger charge is -2.37. The van der Waals surface area contributed by atoms with Crippen LogP contribution < -0.4 is 10.1 Å². The van der Waals surface area contributed by atoms with Crippen LogP contribution in [0, 0.1) is 12.7 Å². The lowest BCUT2D eigenvalue weighted by atomic mass is 10.0. The van der Waals surface area contributed by atoms with Crippen molar-refractivity contribution in [3.05, 3.63) is 88.3 Å². The summed E-state index contributed by atoms with van der Waals surface area (Å²) in [7, 11) is 0. The topological polar surface area (TPSA) is 67.4 Å². The quantitative estimate of drug-likeness (QED) is 0.388. The van der Waals surface area contributed by atoms with Crippen molar-refractivity contribution < 1.29 is 13.9 Å². The summed E-state index contributed by atoms with van der Waals surface area (Å²) in [5, 5.41) is 4.01. The lowest BCUT2D eigenvalue weighted by Crippen LogP contribution is -2.44. The highest BCUT2D eigenvalue weighted by Crippen LogP contribution is 2.30. The first kappa shape index (κ1) is 23.4. The Bertz CT molecular complexity index is 1300. The summed E-state index contributed by atoms with van der Waals surface area (Å²) >= 11 is 1.63. The number of ether oxygens (including phenoxy) is 1. The van der Waals surface area contributed by atoms with Crippen LogP contribution in [0.4, 0.5) is 4.39 Å². The van der Waals surface area contributed by atoms with Crippen LogP contribution in [0.5, 0.6) is 5.75 Å². The molecule has 6 nitrogen and oxygen atoms in total. The first-order valence-electron chi connectivity index (χ1n) is 11.8. The minimum absolute atomic E-state index is 0.0336. The van der Waals surface area contributed by atoms with Gasteiger partial charge in [0.2, 0.25) is 0 Å². The van der Waals surface area contributed by atoms with E-state index in [0.29, 0.717) is 17.9 Å². The highest BCUT2D eigenvalue weighted by molar-refractivity contribution is 7.09. The maximum Gasteiger partial charge on any atom is 0.252 e.